The molecule has 16 heavy (non-hydrogen) atoms. The molecular weight excluding hydrogens is 202 g/mol. The van der Waals surface area contributed by atoms with Gasteiger partial charge in [-0.05, 0) is 33.4 Å². The van der Waals surface area contributed by atoms with Gasteiger partial charge in [-0.3, -0.25) is 4.79 Å². The second-order valence-electron chi connectivity index (χ2n) is 5.19. The van der Waals surface area contributed by atoms with E-state index in [9.17, 15) is 4.79 Å². The molecule has 0 aliphatic heterocycles. The van der Waals surface area contributed by atoms with Crippen molar-refractivity contribution in [2.75, 3.05) is 34.2 Å². The molecule has 2 unspecified atom stereocenters. The quantitative estimate of drug-likeness (QED) is 0.762. The van der Waals surface area contributed by atoms with Crippen molar-refractivity contribution in [1.29, 1.82) is 0 Å². The molecule has 1 saturated carbocycles. The number of nitrogens with two attached hydrogens (primary N) is 1. The highest BCUT2D eigenvalue weighted by atomic mass is 16.2. The Bertz CT molecular complexity index is 230. The summed E-state index contributed by atoms with van der Waals surface area (Å²) in [4.78, 5) is 16.1. The lowest BCUT2D eigenvalue weighted by Crippen LogP contribution is -2.41. The molecule has 2 atom stereocenters. The molecule has 1 aliphatic carbocycles. The van der Waals surface area contributed by atoms with Crippen LogP contribution in [-0.2, 0) is 4.79 Å². The number of nitrogens with zero attached hydrogens (tertiary/aromatic N) is 2. The molecule has 4 nitrogen and oxygen atoms in total. The number of hydrogen-bond donors (Lipinski definition) is 1. The summed E-state index contributed by atoms with van der Waals surface area (Å²) in [5.74, 6) is 0.438. The molecule has 0 spiro atoms. The number of carbonyl (C=O) groups is 1. The smallest absolute Gasteiger partial charge is 0.225 e. The molecule has 0 heterocycles. The largest absolute Gasteiger partial charge is 0.344 e. The molecule has 0 saturated heterocycles. The molecule has 0 radical (unpaired) electrons. The van der Waals surface area contributed by atoms with Gasteiger partial charge in [-0.1, -0.05) is 6.42 Å². The summed E-state index contributed by atoms with van der Waals surface area (Å²) in [6.45, 7) is 1.72. The van der Waals surface area contributed by atoms with Crippen LogP contribution in [0.5, 0.6) is 0 Å². The van der Waals surface area contributed by atoms with E-state index in [0.717, 1.165) is 38.8 Å². The van der Waals surface area contributed by atoms with Gasteiger partial charge in [-0.2, -0.15) is 0 Å². The lowest BCUT2D eigenvalue weighted by Gasteiger charge is -2.29. The standard InChI is InChI=1S/C12H25N3O/c1-14(2)7-8-15(3)12(16)10-5-4-6-11(13)9-10/h10-11H,4-9,13H2,1-3H3. The molecule has 0 aromatic rings. The Hall–Kier alpha value is -0.610. The fourth-order valence-electron chi connectivity index (χ4n) is 2.22. The van der Waals surface area contributed by atoms with E-state index in [2.05, 4.69) is 4.90 Å². The second-order valence-corrected chi connectivity index (χ2v) is 5.19. The molecule has 0 aromatic heterocycles. The number of amides is 1. The maximum atomic E-state index is 12.1. The van der Waals surface area contributed by atoms with Gasteiger partial charge in [0, 0.05) is 32.1 Å². The molecule has 1 aliphatic rings. The molecule has 94 valence electrons. The van der Waals surface area contributed by atoms with Crippen LogP contribution in [0.4, 0.5) is 0 Å². The molecule has 1 fully saturated rings. The fourth-order valence-corrected chi connectivity index (χ4v) is 2.22. The highest BCUT2D eigenvalue weighted by Crippen LogP contribution is 2.24. The van der Waals surface area contributed by atoms with Gasteiger partial charge in [0.1, 0.15) is 0 Å². The summed E-state index contributed by atoms with van der Waals surface area (Å²) < 4.78 is 0. The molecule has 1 amide bonds. The van der Waals surface area contributed by atoms with E-state index >= 15 is 0 Å². The number of hydrogen-bond acceptors (Lipinski definition) is 3. The zero-order valence-electron chi connectivity index (χ0n) is 10.8. The lowest BCUT2D eigenvalue weighted by molar-refractivity contribution is -0.135. The third-order valence-corrected chi connectivity index (χ3v) is 3.32. The first-order chi connectivity index (χ1) is 7.50. The van der Waals surface area contributed by atoms with Crippen molar-refractivity contribution in [3.63, 3.8) is 0 Å². The van der Waals surface area contributed by atoms with E-state index in [-0.39, 0.29) is 17.9 Å². The zero-order valence-corrected chi connectivity index (χ0v) is 10.8. The van der Waals surface area contributed by atoms with Crippen molar-refractivity contribution in [2.45, 2.75) is 31.7 Å². The van der Waals surface area contributed by atoms with Crippen molar-refractivity contribution in [1.82, 2.24) is 9.80 Å². The van der Waals surface area contributed by atoms with Gasteiger partial charge in [-0.15, -0.1) is 0 Å². The first-order valence-corrected chi connectivity index (χ1v) is 6.16. The SMILES string of the molecule is CN(C)CCN(C)C(=O)C1CCCC(N)C1. The third-order valence-electron chi connectivity index (χ3n) is 3.32. The average Bonchev–Trinajstić information content (AvgIpc) is 2.24. The molecule has 4 heteroatoms. The molecule has 1 rings (SSSR count). The number of carbonyl (C=O) groups excluding carboxylic acids is 1. The van der Waals surface area contributed by atoms with Crippen molar-refractivity contribution < 1.29 is 4.79 Å². The fraction of sp³-hybridized carbons (Fsp3) is 0.917. The van der Waals surface area contributed by atoms with Gasteiger partial charge in [0.2, 0.25) is 5.91 Å². The van der Waals surface area contributed by atoms with Crippen LogP contribution in [0.2, 0.25) is 0 Å². The highest BCUT2D eigenvalue weighted by Gasteiger charge is 2.27. The average molecular weight is 227 g/mol. The lowest BCUT2D eigenvalue weighted by atomic mass is 9.85. The Labute approximate surface area is 98.8 Å². The van der Waals surface area contributed by atoms with E-state index in [1.54, 1.807) is 0 Å². The van der Waals surface area contributed by atoms with E-state index in [1.807, 2.05) is 26.0 Å². The topological polar surface area (TPSA) is 49.6 Å². The van der Waals surface area contributed by atoms with E-state index < -0.39 is 0 Å². The van der Waals surface area contributed by atoms with Gasteiger partial charge in [0.05, 0.1) is 0 Å². The number of rotatable bonds is 4. The van der Waals surface area contributed by atoms with Gasteiger partial charge in [0.25, 0.3) is 0 Å². The van der Waals surface area contributed by atoms with Crippen LogP contribution in [-0.4, -0.2) is 56.0 Å². The van der Waals surface area contributed by atoms with Crippen LogP contribution in [0.15, 0.2) is 0 Å². The second kappa shape index (κ2) is 6.21. The van der Waals surface area contributed by atoms with Gasteiger partial charge < -0.3 is 15.5 Å². The van der Waals surface area contributed by atoms with Crippen LogP contribution in [0.3, 0.4) is 0 Å². The molecule has 0 aromatic carbocycles. The molecule has 2 N–H and O–H groups in total. The Morgan fingerprint density at radius 3 is 2.50 bits per heavy atom. The molecule has 0 bridgehead atoms. The number of likely N-dealkylation sites (N-methyl/N-ethyl adjacent to an activating group) is 2. The van der Waals surface area contributed by atoms with Crippen LogP contribution >= 0.6 is 0 Å². The van der Waals surface area contributed by atoms with Crippen molar-refractivity contribution in [3.8, 4) is 0 Å². The zero-order chi connectivity index (χ0) is 12.1. The maximum absolute atomic E-state index is 12.1. The summed E-state index contributed by atoms with van der Waals surface area (Å²) in [6, 6.07) is 0.227. The van der Waals surface area contributed by atoms with Gasteiger partial charge in [0.15, 0.2) is 0 Å². The van der Waals surface area contributed by atoms with Crippen molar-refractivity contribution in [3.05, 3.63) is 0 Å². The Morgan fingerprint density at radius 1 is 1.25 bits per heavy atom. The van der Waals surface area contributed by atoms with Crippen molar-refractivity contribution >= 4 is 5.91 Å². The summed E-state index contributed by atoms with van der Waals surface area (Å²) >= 11 is 0. The minimum atomic E-state index is 0.163. The summed E-state index contributed by atoms with van der Waals surface area (Å²) in [5, 5.41) is 0. The third kappa shape index (κ3) is 4.10. The van der Waals surface area contributed by atoms with Crippen LogP contribution in [0, 0.1) is 5.92 Å². The highest BCUT2D eigenvalue weighted by molar-refractivity contribution is 5.78. The minimum Gasteiger partial charge on any atom is -0.344 e. The predicted molar refractivity (Wildman–Crippen MR) is 66.1 cm³/mol. The Balaban J connectivity index is 2.37. The van der Waals surface area contributed by atoms with Gasteiger partial charge >= 0.3 is 0 Å². The normalized spacial score (nSPS) is 25.8. The Morgan fingerprint density at radius 2 is 1.94 bits per heavy atom. The van der Waals surface area contributed by atoms with Crippen LogP contribution in [0.25, 0.3) is 0 Å². The van der Waals surface area contributed by atoms with E-state index in [0.29, 0.717) is 0 Å². The summed E-state index contributed by atoms with van der Waals surface area (Å²) in [6.07, 6.45) is 4.05. The summed E-state index contributed by atoms with van der Waals surface area (Å²) in [5.41, 5.74) is 5.91. The van der Waals surface area contributed by atoms with Crippen molar-refractivity contribution in [2.24, 2.45) is 11.7 Å². The van der Waals surface area contributed by atoms with Crippen LogP contribution < -0.4 is 5.73 Å². The van der Waals surface area contributed by atoms with E-state index in [4.69, 9.17) is 5.73 Å². The maximum Gasteiger partial charge on any atom is 0.225 e. The predicted octanol–water partition coefficient (Wildman–Crippen LogP) is 0.524. The Kier molecular flexibility index (Phi) is 5.22. The summed E-state index contributed by atoms with van der Waals surface area (Å²) in [7, 11) is 5.94. The molecular formula is C12H25N3O. The van der Waals surface area contributed by atoms with E-state index in [1.165, 1.54) is 0 Å². The van der Waals surface area contributed by atoms with Crippen LogP contribution in [0.1, 0.15) is 25.7 Å². The minimum absolute atomic E-state index is 0.163. The monoisotopic (exact) mass is 227 g/mol. The first-order valence-electron chi connectivity index (χ1n) is 6.16. The first kappa shape index (κ1) is 13.5. The van der Waals surface area contributed by atoms with Gasteiger partial charge in [-0.25, -0.2) is 0 Å².